The van der Waals surface area contributed by atoms with Gasteiger partial charge < -0.3 is 10.1 Å². The van der Waals surface area contributed by atoms with Crippen LogP contribution in [0.25, 0.3) is 0 Å². The van der Waals surface area contributed by atoms with Crippen LogP contribution in [0.3, 0.4) is 0 Å². The molecule has 0 amide bonds. The Hall–Kier alpha value is -0.570. The zero-order valence-corrected chi connectivity index (χ0v) is 12.2. The first kappa shape index (κ1) is 13.9. The van der Waals surface area contributed by atoms with Gasteiger partial charge in [-0.1, -0.05) is 27.7 Å². The van der Waals surface area contributed by atoms with E-state index in [4.69, 9.17) is 4.74 Å². The zero-order chi connectivity index (χ0) is 13.4. The molecule has 0 heterocycles. The second kappa shape index (κ2) is 4.84. The maximum absolute atomic E-state index is 11.8. The molecule has 2 saturated carbocycles. The van der Waals surface area contributed by atoms with Crippen molar-refractivity contribution < 1.29 is 9.53 Å². The molecule has 0 unspecified atom stereocenters. The molecule has 0 aromatic heterocycles. The van der Waals surface area contributed by atoms with Gasteiger partial charge in [-0.05, 0) is 43.6 Å². The van der Waals surface area contributed by atoms with Crippen molar-refractivity contribution in [2.45, 2.75) is 59.5 Å². The van der Waals surface area contributed by atoms with E-state index in [1.165, 1.54) is 12.8 Å². The van der Waals surface area contributed by atoms with Crippen molar-refractivity contribution in [1.29, 1.82) is 0 Å². The summed E-state index contributed by atoms with van der Waals surface area (Å²) in [5.41, 5.74) is 0.493. The second-order valence-corrected chi connectivity index (χ2v) is 6.77. The number of fused-ring (bicyclic) bond motifs is 2. The Labute approximate surface area is 111 Å². The molecule has 2 aliphatic rings. The highest BCUT2D eigenvalue weighted by molar-refractivity contribution is 5.72. The molecule has 0 aliphatic heterocycles. The van der Waals surface area contributed by atoms with Crippen LogP contribution in [0, 0.1) is 16.7 Å². The number of carbonyl (C=O) groups excluding carboxylic acids is 1. The van der Waals surface area contributed by atoms with Crippen LogP contribution in [-0.2, 0) is 9.53 Å². The molecule has 3 nitrogen and oxygen atoms in total. The third-order valence-electron chi connectivity index (χ3n) is 5.68. The fourth-order valence-electron chi connectivity index (χ4n) is 3.88. The number of hydrogen-bond acceptors (Lipinski definition) is 3. The molecular weight excluding hydrogens is 226 g/mol. The quantitative estimate of drug-likeness (QED) is 0.605. The highest BCUT2D eigenvalue weighted by atomic mass is 16.5. The SMILES string of the molecule is CCCNCC(=O)O[C@H]1C[C@@H]2CC[C@]1(C)C2(C)C. The molecule has 0 radical (unpaired) electrons. The molecule has 1 N–H and O–H groups in total. The second-order valence-electron chi connectivity index (χ2n) is 6.77. The molecule has 0 aromatic rings. The minimum Gasteiger partial charge on any atom is -0.461 e. The van der Waals surface area contributed by atoms with Gasteiger partial charge in [-0.3, -0.25) is 4.79 Å². The Kier molecular flexibility index (Phi) is 3.72. The minimum absolute atomic E-state index is 0.0852. The summed E-state index contributed by atoms with van der Waals surface area (Å²) in [7, 11) is 0. The third-order valence-corrected chi connectivity index (χ3v) is 5.68. The van der Waals surface area contributed by atoms with E-state index < -0.39 is 0 Å². The molecule has 2 fully saturated rings. The van der Waals surface area contributed by atoms with Gasteiger partial charge in [0.25, 0.3) is 0 Å². The van der Waals surface area contributed by atoms with Crippen LogP contribution < -0.4 is 5.32 Å². The van der Waals surface area contributed by atoms with Crippen molar-refractivity contribution in [3.05, 3.63) is 0 Å². The zero-order valence-electron chi connectivity index (χ0n) is 12.2. The van der Waals surface area contributed by atoms with E-state index in [1.807, 2.05) is 0 Å². The van der Waals surface area contributed by atoms with Crippen molar-refractivity contribution in [3.8, 4) is 0 Å². The fourth-order valence-corrected chi connectivity index (χ4v) is 3.88. The summed E-state index contributed by atoms with van der Waals surface area (Å²) in [5, 5.41) is 3.11. The molecule has 104 valence electrons. The monoisotopic (exact) mass is 253 g/mol. The number of hydrogen-bond donors (Lipinski definition) is 1. The number of ether oxygens (including phenoxy) is 1. The molecule has 3 heteroatoms. The molecule has 3 atom stereocenters. The summed E-state index contributed by atoms with van der Waals surface area (Å²) in [4.78, 5) is 11.8. The Morgan fingerprint density at radius 2 is 2.11 bits per heavy atom. The summed E-state index contributed by atoms with van der Waals surface area (Å²) >= 11 is 0. The predicted molar refractivity (Wildman–Crippen MR) is 72.3 cm³/mol. The molecule has 2 aliphatic carbocycles. The van der Waals surface area contributed by atoms with E-state index in [-0.39, 0.29) is 17.5 Å². The lowest BCUT2D eigenvalue weighted by molar-refractivity contribution is -0.155. The van der Waals surface area contributed by atoms with Crippen molar-refractivity contribution in [2.75, 3.05) is 13.1 Å². The number of carbonyl (C=O) groups is 1. The fraction of sp³-hybridized carbons (Fsp3) is 0.933. The summed E-state index contributed by atoms with van der Waals surface area (Å²) in [6.45, 7) is 10.3. The van der Waals surface area contributed by atoms with Gasteiger partial charge in [0.05, 0.1) is 6.54 Å². The van der Waals surface area contributed by atoms with Crippen LogP contribution in [0.15, 0.2) is 0 Å². The smallest absolute Gasteiger partial charge is 0.320 e. The van der Waals surface area contributed by atoms with Crippen LogP contribution in [0.5, 0.6) is 0 Å². The summed E-state index contributed by atoms with van der Waals surface area (Å²) in [6, 6.07) is 0. The molecule has 2 bridgehead atoms. The Balaban J connectivity index is 1.90. The standard InChI is InChI=1S/C15H27NO2/c1-5-8-16-10-13(17)18-12-9-11-6-7-15(12,4)14(11,2)3/h11-12,16H,5-10H2,1-4H3/t11-,12-,15-/m0/s1. The molecular formula is C15H27NO2. The Morgan fingerprint density at radius 1 is 1.39 bits per heavy atom. The van der Waals surface area contributed by atoms with Gasteiger partial charge >= 0.3 is 5.97 Å². The Bertz CT molecular complexity index is 326. The van der Waals surface area contributed by atoms with Gasteiger partial charge in [-0.25, -0.2) is 0 Å². The molecule has 18 heavy (non-hydrogen) atoms. The third kappa shape index (κ3) is 2.07. The number of nitrogens with one attached hydrogen (secondary N) is 1. The Morgan fingerprint density at radius 3 is 2.61 bits per heavy atom. The average Bonchev–Trinajstić information content (AvgIpc) is 2.62. The molecule has 0 aromatic carbocycles. The first-order valence-electron chi connectivity index (χ1n) is 7.32. The van der Waals surface area contributed by atoms with Crippen LogP contribution in [0.4, 0.5) is 0 Å². The van der Waals surface area contributed by atoms with E-state index >= 15 is 0 Å². The van der Waals surface area contributed by atoms with Crippen LogP contribution in [0.2, 0.25) is 0 Å². The van der Waals surface area contributed by atoms with E-state index in [0.29, 0.717) is 12.0 Å². The largest absolute Gasteiger partial charge is 0.461 e. The van der Waals surface area contributed by atoms with Crippen LogP contribution in [-0.4, -0.2) is 25.2 Å². The maximum atomic E-state index is 11.8. The lowest BCUT2D eigenvalue weighted by atomic mass is 9.70. The number of esters is 1. The number of rotatable bonds is 5. The summed E-state index contributed by atoms with van der Waals surface area (Å²) in [5.74, 6) is 0.641. The van der Waals surface area contributed by atoms with Gasteiger partial charge in [-0.2, -0.15) is 0 Å². The van der Waals surface area contributed by atoms with Gasteiger partial charge in [0.15, 0.2) is 0 Å². The maximum Gasteiger partial charge on any atom is 0.320 e. The van der Waals surface area contributed by atoms with Gasteiger partial charge in [-0.15, -0.1) is 0 Å². The van der Waals surface area contributed by atoms with Crippen LogP contribution in [0.1, 0.15) is 53.4 Å². The summed E-state index contributed by atoms with van der Waals surface area (Å²) in [6.07, 6.45) is 4.73. The van der Waals surface area contributed by atoms with Crippen molar-refractivity contribution >= 4 is 5.97 Å². The summed E-state index contributed by atoms with van der Waals surface area (Å²) < 4.78 is 5.73. The molecule has 2 rings (SSSR count). The molecule has 0 saturated heterocycles. The lowest BCUT2D eigenvalue weighted by Gasteiger charge is -2.38. The predicted octanol–water partition coefficient (Wildman–Crippen LogP) is 2.74. The topological polar surface area (TPSA) is 38.3 Å². The minimum atomic E-state index is -0.0852. The van der Waals surface area contributed by atoms with Gasteiger partial charge in [0, 0.05) is 5.41 Å². The first-order chi connectivity index (χ1) is 8.41. The van der Waals surface area contributed by atoms with E-state index in [1.54, 1.807) is 0 Å². The highest BCUT2D eigenvalue weighted by Crippen LogP contribution is 2.66. The van der Waals surface area contributed by atoms with E-state index in [2.05, 4.69) is 33.0 Å². The van der Waals surface area contributed by atoms with Gasteiger partial charge in [0.1, 0.15) is 6.10 Å². The average molecular weight is 253 g/mol. The van der Waals surface area contributed by atoms with E-state index in [0.717, 1.165) is 25.3 Å². The lowest BCUT2D eigenvalue weighted by Crippen LogP contribution is -2.40. The first-order valence-corrected chi connectivity index (χ1v) is 7.32. The highest BCUT2D eigenvalue weighted by Gasteiger charge is 2.62. The van der Waals surface area contributed by atoms with Crippen molar-refractivity contribution in [2.24, 2.45) is 16.7 Å². The van der Waals surface area contributed by atoms with Gasteiger partial charge in [0.2, 0.25) is 0 Å². The normalized spacial score (nSPS) is 36.9. The van der Waals surface area contributed by atoms with Crippen molar-refractivity contribution in [1.82, 2.24) is 5.32 Å². The van der Waals surface area contributed by atoms with Crippen LogP contribution >= 0.6 is 0 Å². The van der Waals surface area contributed by atoms with Crippen molar-refractivity contribution in [3.63, 3.8) is 0 Å². The van der Waals surface area contributed by atoms with E-state index in [9.17, 15) is 4.79 Å². The molecule has 0 spiro atoms.